The maximum absolute atomic E-state index is 10.7. The second-order valence-corrected chi connectivity index (χ2v) is 6.28. The quantitative estimate of drug-likeness (QED) is 0.573. The van der Waals surface area contributed by atoms with Gasteiger partial charge in [0.05, 0.1) is 10.0 Å². The van der Waals surface area contributed by atoms with Gasteiger partial charge in [0.2, 0.25) is 0 Å². The lowest BCUT2D eigenvalue weighted by Gasteiger charge is -2.17. The van der Waals surface area contributed by atoms with E-state index in [4.69, 9.17) is 16.7 Å². The molecule has 0 aliphatic carbocycles. The molecule has 9 heteroatoms. The van der Waals surface area contributed by atoms with Crippen LogP contribution in [0.2, 0.25) is 5.02 Å². The number of nitrogens with one attached hydrogen (secondary N) is 2. The second-order valence-electron chi connectivity index (χ2n) is 4.99. The lowest BCUT2D eigenvalue weighted by atomic mass is 10.2. The molecule has 0 aliphatic rings. The van der Waals surface area contributed by atoms with Gasteiger partial charge in [0.15, 0.2) is 5.82 Å². The molecule has 1 heterocycles. The van der Waals surface area contributed by atoms with E-state index >= 15 is 0 Å². The van der Waals surface area contributed by atoms with Crippen molar-refractivity contribution in [3.8, 4) is 17.1 Å². The minimum atomic E-state index is -1.07. The number of rotatable bonds is 6. The van der Waals surface area contributed by atoms with Gasteiger partial charge < -0.3 is 20.8 Å². The fourth-order valence-corrected chi connectivity index (χ4v) is 2.50. The molecule has 4 N–H and O–H groups in total. The van der Waals surface area contributed by atoms with Crippen molar-refractivity contribution in [2.24, 2.45) is 0 Å². The molecule has 0 unspecified atom stereocenters. The predicted octanol–water partition coefficient (Wildman–Crippen LogP) is 3.72. The third-order valence-corrected chi connectivity index (χ3v) is 4.10. The third kappa shape index (κ3) is 4.72. The van der Waals surface area contributed by atoms with Crippen molar-refractivity contribution in [1.82, 2.24) is 15.3 Å². The smallest absolute Gasteiger partial charge is 0.404 e. The van der Waals surface area contributed by atoms with Gasteiger partial charge in [-0.15, -0.1) is 0 Å². The Morgan fingerprint density at radius 1 is 1.46 bits per heavy atom. The third-order valence-electron chi connectivity index (χ3n) is 3.28. The highest BCUT2D eigenvalue weighted by Gasteiger charge is 2.13. The maximum Gasteiger partial charge on any atom is 0.404 e. The zero-order valence-electron chi connectivity index (χ0n) is 12.8. The van der Waals surface area contributed by atoms with E-state index in [0.717, 1.165) is 0 Å². The summed E-state index contributed by atoms with van der Waals surface area (Å²) in [6.45, 7) is 2.24. The summed E-state index contributed by atoms with van der Waals surface area (Å²) in [6, 6.07) is 4.36. The fraction of sp³-hybridized carbons (Fsp3) is 0.267. The maximum atomic E-state index is 10.7. The number of carbonyl (C=O) groups is 1. The number of phenols is 1. The molecule has 0 saturated carbocycles. The summed E-state index contributed by atoms with van der Waals surface area (Å²) < 4.78 is 0.623. The molecule has 0 spiro atoms. The van der Waals surface area contributed by atoms with E-state index < -0.39 is 6.09 Å². The van der Waals surface area contributed by atoms with Gasteiger partial charge in [0.25, 0.3) is 0 Å². The Labute approximate surface area is 152 Å². The number of phenolic OH excluding ortho intramolecular Hbond substituents is 1. The molecule has 24 heavy (non-hydrogen) atoms. The molecule has 2 aromatic rings. The summed E-state index contributed by atoms with van der Waals surface area (Å²) in [4.78, 5) is 19.3. The van der Waals surface area contributed by atoms with E-state index in [1.54, 1.807) is 18.3 Å². The highest BCUT2D eigenvalue weighted by atomic mass is 79.9. The number of benzene rings is 1. The normalized spacial score (nSPS) is 11.8. The van der Waals surface area contributed by atoms with Crippen LogP contribution in [0.4, 0.5) is 10.6 Å². The standard InChI is InChI=1S/C15H16BrClN4O3/c1-2-9(20-15(23)24)6-18-14-11(16)7-19-13(21-14)10-5-8(17)3-4-12(10)22/h3-5,7,9,20,22H,2,6H2,1H3,(H,23,24)(H,18,19,21)/t9-/m1/s1. The highest BCUT2D eigenvalue weighted by Crippen LogP contribution is 2.31. The first-order valence-corrected chi connectivity index (χ1v) is 8.32. The first-order chi connectivity index (χ1) is 11.4. The zero-order chi connectivity index (χ0) is 17.7. The summed E-state index contributed by atoms with van der Waals surface area (Å²) >= 11 is 9.30. The molecule has 2 rings (SSSR count). The van der Waals surface area contributed by atoms with Crippen LogP contribution in [0.25, 0.3) is 11.4 Å². The SMILES string of the molecule is CC[C@H](CNc1nc(-c2cc(Cl)ccc2O)ncc1Br)NC(=O)O. The van der Waals surface area contributed by atoms with E-state index in [2.05, 4.69) is 36.5 Å². The Balaban J connectivity index is 2.22. The van der Waals surface area contributed by atoms with Crippen molar-refractivity contribution in [3.63, 3.8) is 0 Å². The Morgan fingerprint density at radius 2 is 2.21 bits per heavy atom. The van der Waals surface area contributed by atoms with Crippen molar-refractivity contribution >= 4 is 39.4 Å². The first-order valence-electron chi connectivity index (χ1n) is 7.15. The molecule has 0 saturated heterocycles. The van der Waals surface area contributed by atoms with Crippen LogP contribution >= 0.6 is 27.5 Å². The number of aromatic hydroxyl groups is 1. The molecule has 0 bridgehead atoms. The molecule has 0 radical (unpaired) electrons. The van der Waals surface area contributed by atoms with Gasteiger partial charge in [-0.2, -0.15) is 0 Å². The number of amides is 1. The van der Waals surface area contributed by atoms with Crippen molar-refractivity contribution in [2.75, 3.05) is 11.9 Å². The van der Waals surface area contributed by atoms with Gasteiger partial charge in [-0.3, -0.25) is 0 Å². The van der Waals surface area contributed by atoms with Crippen molar-refractivity contribution in [2.45, 2.75) is 19.4 Å². The van der Waals surface area contributed by atoms with Crippen LogP contribution in [0.3, 0.4) is 0 Å². The molecule has 1 amide bonds. The molecule has 0 fully saturated rings. The van der Waals surface area contributed by atoms with E-state index in [1.165, 1.54) is 6.07 Å². The van der Waals surface area contributed by atoms with Crippen LogP contribution < -0.4 is 10.6 Å². The summed E-state index contributed by atoms with van der Waals surface area (Å²) in [7, 11) is 0. The van der Waals surface area contributed by atoms with Crippen LogP contribution in [0.5, 0.6) is 5.75 Å². The zero-order valence-corrected chi connectivity index (χ0v) is 15.1. The van der Waals surface area contributed by atoms with E-state index in [-0.39, 0.29) is 11.8 Å². The Kier molecular flexibility index (Phi) is 6.22. The van der Waals surface area contributed by atoms with Gasteiger partial charge in [-0.05, 0) is 40.5 Å². The van der Waals surface area contributed by atoms with Gasteiger partial charge in [0, 0.05) is 23.8 Å². The molecular weight excluding hydrogens is 400 g/mol. The topological polar surface area (TPSA) is 107 Å². The van der Waals surface area contributed by atoms with E-state index in [9.17, 15) is 9.90 Å². The fourth-order valence-electron chi connectivity index (χ4n) is 2.00. The van der Waals surface area contributed by atoms with Crippen LogP contribution in [0.1, 0.15) is 13.3 Å². The van der Waals surface area contributed by atoms with Gasteiger partial charge in [0.1, 0.15) is 11.6 Å². The van der Waals surface area contributed by atoms with Crippen molar-refractivity contribution < 1.29 is 15.0 Å². The molecule has 1 aromatic carbocycles. The molecule has 1 atom stereocenters. The summed E-state index contributed by atoms with van der Waals surface area (Å²) in [6.07, 6.45) is 1.11. The highest BCUT2D eigenvalue weighted by molar-refractivity contribution is 9.10. The van der Waals surface area contributed by atoms with Crippen LogP contribution in [0, 0.1) is 0 Å². The minimum Gasteiger partial charge on any atom is -0.507 e. The van der Waals surface area contributed by atoms with Crippen LogP contribution in [0.15, 0.2) is 28.9 Å². The molecule has 128 valence electrons. The number of hydrogen-bond donors (Lipinski definition) is 4. The lowest BCUT2D eigenvalue weighted by Crippen LogP contribution is -2.38. The molecule has 7 nitrogen and oxygen atoms in total. The molecule has 0 aliphatic heterocycles. The number of nitrogens with zero attached hydrogens (tertiary/aromatic N) is 2. The van der Waals surface area contributed by atoms with Crippen molar-refractivity contribution in [1.29, 1.82) is 0 Å². The number of halogens is 2. The molecular formula is C15H16BrClN4O3. The van der Waals surface area contributed by atoms with E-state index in [1.807, 2.05) is 6.92 Å². The summed E-state index contributed by atoms with van der Waals surface area (Å²) in [5.41, 5.74) is 0.411. The van der Waals surface area contributed by atoms with E-state index in [0.29, 0.717) is 39.7 Å². The molecule has 1 aromatic heterocycles. The second kappa shape index (κ2) is 8.16. The lowest BCUT2D eigenvalue weighted by molar-refractivity contribution is 0.190. The minimum absolute atomic E-state index is 0.0200. The monoisotopic (exact) mass is 414 g/mol. The Hall–Kier alpha value is -2.06. The number of carboxylic acid groups (broad SMARTS) is 1. The Morgan fingerprint density at radius 3 is 2.88 bits per heavy atom. The van der Waals surface area contributed by atoms with Gasteiger partial charge >= 0.3 is 6.09 Å². The number of anilines is 1. The predicted molar refractivity (Wildman–Crippen MR) is 95.6 cm³/mol. The number of aromatic nitrogens is 2. The van der Waals surface area contributed by atoms with Crippen LogP contribution in [-0.2, 0) is 0 Å². The summed E-state index contributed by atoms with van der Waals surface area (Å²) in [5.74, 6) is 0.816. The average molecular weight is 416 g/mol. The van der Waals surface area contributed by atoms with Crippen LogP contribution in [-0.4, -0.2) is 38.9 Å². The largest absolute Gasteiger partial charge is 0.507 e. The number of hydrogen-bond acceptors (Lipinski definition) is 5. The van der Waals surface area contributed by atoms with Gasteiger partial charge in [-0.25, -0.2) is 14.8 Å². The van der Waals surface area contributed by atoms with Crippen molar-refractivity contribution in [3.05, 3.63) is 33.9 Å². The summed E-state index contributed by atoms with van der Waals surface area (Å²) in [5, 5.41) is 24.7. The first kappa shape index (κ1) is 18.3. The average Bonchev–Trinajstić information content (AvgIpc) is 2.54. The Bertz CT molecular complexity index is 745. The van der Waals surface area contributed by atoms with Gasteiger partial charge in [-0.1, -0.05) is 18.5 Å².